The molecule has 0 aromatic heterocycles. The standard InChI is InChI=1S/C15H13BrF2O/c1-14(19,15(16,17)18)13-9-7-12(8-10-13)11-5-3-2-4-6-11/h2-10,19H,1H3. The molecule has 19 heavy (non-hydrogen) atoms. The monoisotopic (exact) mass is 326 g/mol. The summed E-state index contributed by atoms with van der Waals surface area (Å²) in [7, 11) is 0. The van der Waals surface area contributed by atoms with Gasteiger partial charge in [0, 0.05) is 0 Å². The number of aliphatic hydroxyl groups is 1. The Labute approximate surface area is 119 Å². The second-order valence-corrected chi connectivity index (χ2v) is 5.51. The molecular weight excluding hydrogens is 314 g/mol. The summed E-state index contributed by atoms with van der Waals surface area (Å²) in [5, 5.41) is 9.89. The molecule has 0 heterocycles. The highest BCUT2D eigenvalue weighted by Crippen LogP contribution is 2.42. The Hall–Kier alpha value is -1.26. The van der Waals surface area contributed by atoms with Crippen LogP contribution >= 0.6 is 15.9 Å². The van der Waals surface area contributed by atoms with Crippen molar-refractivity contribution < 1.29 is 13.9 Å². The van der Waals surface area contributed by atoms with E-state index in [9.17, 15) is 13.9 Å². The fourth-order valence-corrected chi connectivity index (χ4v) is 2.01. The van der Waals surface area contributed by atoms with Gasteiger partial charge in [-0.05, 0) is 39.5 Å². The van der Waals surface area contributed by atoms with Crippen molar-refractivity contribution in [3.8, 4) is 11.1 Å². The van der Waals surface area contributed by atoms with E-state index in [1.54, 1.807) is 12.1 Å². The first-order valence-electron chi connectivity index (χ1n) is 5.77. The van der Waals surface area contributed by atoms with Gasteiger partial charge in [0.2, 0.25) is 0 Å². The average Bonchev–Trinajstić information content (AvgIpc) is 2.39. The van der Waals surface area contributed by atoms with Crippen LogP contribution in [0.4, 0.5) is 8.78 Å². The highest BCUT2D eigenvalue weighted by atomic mass is 79.9. The van der Waals surface area contributed by atoms with Crippen LogP contribution in [-0.2, 0) is 5.60 Å². The zero-order valence-electron chi connectivity index (χ0n) is 10.3. The quantitative estimate of drug-likeness (QED) is 0.820. The van der Waals surface area contributed by atoms with Gasteiger partial charge in [-0.3, -0.25) is 0 Å². The molecule has 4 heteroatoms. The van der Waals surface area contributed by atoms with Crippen LogP contribution in [0, 0.1) is 0 Å². The molecule has 1 atom stereocenters. The summed E-state index contributed by atoms with van der Waals surface area (Å²) in [4.78, 5) is -3.38. The van der Waals surface area contributed by atoms with E-state index in [0.29, 0.717) is 0 Å². The Bertz CT molecular complexity index is 545. The van der Waals surface area contributed by atoms with Crippen LogP contribution in [0.3, 0.4) is 0 Å². The fraction of sp³-hybridized carbons (Fsp3) is 0.200. The second-order valence-electron chi connectivity index (χ2n) is 4.51. The predicted molar refractivity (Wildman–Crippen MR) is 75.3 cm³/mol. The van der Waals surface area contributed by atoms with E-state index in [-0.39, 0.29) is 5.56 Å². The van der Waals surface area contributed by atoms with E-state index in [0.717, 1.165) is 18.1 Å². The third-order valence-corrected chi connectivity index (χ3v) is 3.88. The highest BCUT2D eigenvalue weighted by molar-refractivity contribution is 9.10. The summed E-state index contributed by atoms with van der Waals surface area (Å²) in [6.45, 7) is 1.08. The molecule has 2 aromatic rings. The number of hydrogen-bond donors (Lipinski definition) is 1. The smallest absolute Gasteiger partial charge is 0.333 e. The molecule has 0 amide bonds. The molecule has 0 spiro atoms. The summed E-state index contributed by atoms with van der Waals surface area (Å²) < 4.78 is 26.6. The predicted octanol–water partition coefficient (Wildman–Crippen LogP) is 4.55. The van der Waals surface area contributed by atoms with E-state index in [4.69, 9.17) is 0 Å². The van der Waals surface area contributed by atoms with Crippen LogP contribution in [0.1, 0.15) is 12.5 Å². The first-order valence-corrected chi connectivity index (χ1v) is 6.57. The molecular formula is C15H13BrF2O. The van der Waals surface area contributed by atoms with Gasteiger partial charge in [0.25, 0.3) is 0 Å². The molecule has 2 aromatic carbocycles. The number of benzene rings is 2. The second kappa shape index (κ2) is 5.02. The molecule has 0 aliphatic carbocycles. The largest absolute Gasteiger partial charge is 0.378 e. The summed E-state index contributed by atoms with van der Waals surface area (Å²) >= 11 is 2.22. The topological polar surface area (TPSA) is 20.2 Å². The minimum absolute atomic E-state index is 0.161. The molecule has 0 saturated carbocycles. The Morgan fingerprint density at radius 1 is 0.895 bits per heavy atom. The first kappa shape index (κ1) is 14.2. The molecule has 1 N–H and O–H groups in total. The minimum Gasteiger partial charge on any atom is -0.378 e. The van der Waals surface area contributed by atoms with Crippen LogP contribution in [0.5, 0.6) is 0 Å². The van der Waals surface area contributed by atoms with Crippen molar-refractivity contribution in [1.82, 2.24) is 0 Å². The van der Waals surface area contributed by atoms with Gasteiger partial charge in [0.05, 0.1) is 0 Å². The number of alkyl halides is 3. The lowest BCUT2D eigenvalue weighted by atomic mass is 9.94. The fourth-order valence-electron chi connectivity index (χ4n) is 1.78. The summed E-state index contributed by atoms with van der Waals surface area (Å²) in [5.74, 6) is 0. The Kier molecular flexibility index (Phi) is 3.74. The average molecular weight is 327 g/mol. The van der Waals surface area contributed by atoms with Crippen molar-refractivity contribution in [2.75, 3.05) is 0 Å². The molecule has 0 aliphatic rings. The summed E-state index contributed by atoms with van der Waals surface area (Å²) in [5.41, 5.74) is -0.172. The zero-order chi connectivity index (χ0) is 14.1. The Balaban J connectivity index is 2.35. The molecule has 0 fully saturated rings. The maximum atomic E-state index is 13.3. The molecule has 1 unspecified atom stereocenters. The van der Waals surface area contributed by atoms with E-state index >= 15 is 0 Å². The van der Waals surface area contributed by atoms with E-state index < -0.39 is 10.4 Å². The van der Waals surface area contributed by atoms with Crippen molar-refractivity contribution in [1.29, 1.82) is 0 Å². The molecule has 0 radical (unpaired) electrons. The molecule has 0 aliphatic heterocycles. The Morgan fingerprint density at radius 3 is 1.84 bits per heavy atom. The first-order chi connectivity index (χ1) is 8.82. The lowest BCUT2D eigenvalue weighted by molar-refractivity contribution is -0.109. The maximum absolute atomic E-state index is 13.3. The van der Waals surface area contributed by atoms with Crippen LogP contribution in [-0.4, -0.2) is 9.94 Å². The van der Waals surface area contributed by atoms with Crippen molar-refractivity contribution >= 4 is 15.9 Å². The van der Waals surface area contributed by atoms with Crippen LogP contribution in [0.15, 0.2) is 54.6 Å². The van der Waals surface area contributed by atoms with Gasteiger partial charge in [-0.2, -0.15) is 8.78 Å². The normalized spacial score (nSPS) is 15.0. The van der Waals surface area contributed by atoms with Gasteiger partial charge >= 0.3 is 4.83 Å². The molecule has 100 valence electrons. The maximum Gasteiger partial charge on any atom is 0.333 e. The van der Waals surface area contributed by atoms with Crippen molar-refractivity contribution in [2.24, 2.45) is 0 Å². The molecule has 2 rings (SSSR count). The highest BCUT2D eigenvalue weighted by Gasteiger charge is 2.47. The van der Waals surface area contributed by atoms with Crippen molar-refractivity contribution in [3.05, 3.63) is 60.2 Å². The number of hydrogen-bond acceptors (Lipinski definition) is 1. The molecule has 0 bridgehead atoms. The van der Waals surface area contributed by atoms with Gasteiger partial charge in [-0.1, -0.05) is 54.6 Å². The minimum atomic E-state index is -3.38. The van der Waals surface area contributed by atoms with Crippen molar-refractivity contribution in [2.45, 2.75) is 17.4 Å². The van der Waals surface area contributed by atoms with E-state index in [1.165, 1.54) is 12.1 Å². The van der Waals surface area contributed by atoms with Gasteiger partial charge < -0.3 is 5.11 Å². The summed E-state index contributed by atoms with van der Waals surface area (Å²) in [6.07, 6.45) is 0. The SMILES string of the molecule is CC(O)(c1ccc(-c2ccccc2)cc1)C(F)(F)Br. The Morgan fingerprint density at radius 2 is 1.37 bits per heavy atom. The van der Waals surface area contributed by atoms with Gasteiger partial charge in [0.1, 0.15) is 0 Å². The van der Waals surface area contributed by atoms with Crippen LogP contribution < -0.4 is 0 Å². The third-order valence-electron chi connectivity index (χ3n) is 3.11. The number of halogens is 3. The molecule has 1 nitrogen and oxygen atoms in total. The van der Waals surface area contributed by atoms with E-state index in [2.05, 4.69) is 15.9 Å². The lowest BCUT2D eigenvalue weighted by Crippen LogP contribution is -2.37. The third kappa shape index (κ3) is 2.85. The zero-order valence-corrected chi connectivity index (χ0v) is 11.9. The lowest BCUT2D eigenvalue weighted by Gasteiger charge is -2.28. The van der Waals surface area contributed by atoms with Gasteiger partial charge in [-0.25, -0.2) is 0 Å². The van der Waals surface area contributed by atoms with Crippen LogP contribution in [0.2, 0.25) is 0 Å². The van der Waals surface area contributed by atoms with Gasteiger partial charge in [0.15, 0.2) is 5.60 Å². The van der Waals surface area contributed by atoms with Gasteiger partial charge in [-0.15, -0.1) is 0 Å². The summed E-state index contributed by atoms with van der Waals surface area (Å²) in [6, 6.07) is 16.1. The van der Waals surface area contributed by atoms with Crippen LogP contribution in [0.25, 0.3) is 11.1 Å². The van der Waals surface area contributed by atoms with E-state index in [1.807, 2.05) is 30.3 Å². The molecule has 0 saturated heterocycles. The van der Waals surface area contributed by atoms with Crippen molar-refractivity contribution in [3.63, 3.8) is 0 Å². The number of rotatable bonds is 3.